The van der Waals surface area contributed by atoms with Crippen LogP contribution in [0.25, 0.3) is 22.4 Å². The number of aryl methyl sites for hydroxylation is 3. The highest BCUT2D eigenvalue weighted by molar-refractivity contribution is 5.82. The fourth-order valence-electron chi connectivity index (χ4n) is 2.84. The van der Waals surface area contributed by atoms with Crippen LogP contribution in [0.3, 0.4) is 0 Å². The molecule has 3 aromatic rings. The van der Waals surface area contributed by atoms with Gasteiger partial charge in [-0.1, -0.05) is 0 Å². The Morgan fingerprint density at radius 1 is 1.04 bits per heavy atom. The second-order valence-corrected chi connectivity index (χ2v) is 6.01. The molecule has 2 aromatic carbocycles. The van der Waals surface area contributed by atoms with E-state index in [1.54, 1.807) is 12.1 Å². The van der Waals surface area contributed by atoms with Crippen molar-refractivity contribution in [2.24, 2.45) is 5.73 Å². The van der Waals surface area contributed by atoms with E-state index in [0.717, 1.165) is 41.8 Å². The number of aromatic nitrogens is 2. The van der Waals surface area contributed by atoms with Gasteiger partial charge in [-0.15, -0.1) is 0 Å². The highest BCUT2D eigenvalue weighted by Crippen LogP contribution is 2.27. The van der Waals surface area contributed by atoms with E-state index in [4.69, 9.17) is 10.7 Å². The molecule has 0 aliphatic heterocycles. The molecule has 0 bridgehead atoms. The minimum absolute atomic E-state index is 0.230. The molecule has 3 nitrogen and oxygen atoms in total. The van der Waals surface area contributed by atoms with Gasteiger partial charge in [-0.05, 0) is 80.8 Å². The van der Waals surface area contributed by atoms with Crippen molar-refractivity contribution in [1.29, 1.82) is 0 Å². The number of nitrogens with zero attached hydrogens (tertiary/aromatic N) is 2. The van der Waals surface area contributed by atoms with Crippen molar-refractivity contribution in [2.45, 2.75) is 33.2 Å². The maximum absolute atomic E-state index is 13.2. The summed E-state index contributed by atoms with van der Waals surface area (Å²) in [7, 11) is 0. The standard InChI is InChI=1S/C19H22FN3/c1-13-11-17-18(12-14(13)2)23(10-4-3-9-21)19(22-17)15-5-7-16(20)8-6-15/h5-8,11-12H,3-4,9-10,21H2,1-2H3. The van der Waals surface area contributed by atoms with E-state index in [2.05, 4.69) is 30.5 Å². The monoisotopic (exact) mass is 311 g/mol. The van der Waals surface area contributed by atoms with Crippen molar-refractivity contribution >= 4 is 11.0 Å². The third-order valence-electron chi connectivity index (χ3n) is 4.30. The van der Waals surface area contributed by atoms with Crippen molar-refractivity contribution < 1.29 is 4.39 Å². The highest BCUT2D eigenvalue weighted by atomic mass is 19.1. The van der Waals surface area contributed by atoms with Crippen molar-refractivity contribution in [3.8, 4) is 11.4 Å². The lowest BCUT2D eigenvalue weighted by molar-refractivity contribution is 0.625. The third-order valence-corrected chi connectivity index (χ3v) is 4.30. The zero-order valence-corrected chi connectivity index (χ0v) is 13.6. The van der Waals surface area contributed by atoms with Gasteiger partial charge in [0, 0.05) is 12.1 Å². The maximum Gasteiger partial charge on any atom is 0.141 e. The lowest BCUT2D eigenvalue weighted by Gasteiger charge is -2.10. The zero-order valence-electron chi connectivity index (χ0n) is 13.6. The van der Waals surface area contributed by atoms with Crippen LogP contribution in [0.4, 0.5) is 4.39 Å². The zero-order chi connectivity index (χ0) is 16.4. The minimum atomic E-state index is -0.230. The summed E-state index contributed by atoms with van der Waals surface area (Å²) in [6.07, 6.45) is 1.98. The molecule has 23 heavy (non-hydrogen) atoms. The molecule has 0 radical (unpaired) electrons. The summed E-state index contributed by atoms with van der Waals surface area (Å²) in [5, 5.41) is 0. The van der Waals surface area contributed by atoms with Crippen LogP contribution in [-0.2, 0) is 6.54 Å². The van der Waals surface area contributed by atoms with Crippen LogP contribution in [0, 0.1) is 19.7 Å². The molecular weight excluding hydrogens is 289 g/mol. The van der Waals surface area contributed by atoms with E-state index >= 15 is 0 Å². The number of nitrogens with two attached hydrogens (primary N) is 1. The van der Waals surface area contributed by atoms with E-state index in [1.165, 1.54) is 23.3 Å². The van der Waals surface area contributed by atoms with Crippen molar-refractivity contribution in [2.75, 3.05) is 6.54 Å². The Labute approximate surface area is 136 Å². The van der Waals surface area contributed by atoms with Gasteiger partial charge in [-0.3, -0.25) is 0 Å². The van der Waals surface area contributed by atoms with E-state index in [0.29, 0.717) is 6.54 Å². The maximum atomic E-state index is 13.2. The molecule has 1 heterocycles. The molecule has 1 aromatic heterocycles. The first-order chi connectivity index (χ1) is 11.1. The quantitative estimate of drug-likeness (QED) is 0.718. The Kier molecular flexibility index (Phi) is 4.44. The van der Waals surface area contributed by atoms with E-state index in [9.17, 15) is 4.39 Å². The fraction of sp³-hybridized carbons (Fsp3) is 0.316. The van der Waals surface area contributed by atoms with Gasteiger partial charge in [-0.2, -0.15) is 0 Å². The summed E-state index contributed by atoms with van der Waals surface area (Å²) < 4.78 is 15.4. The Morgan fingerprint density at radius 3 is 2.43 bits per heavy atom. The minimum Gasteiger partial charge on any atom is -0.330 e. The predicted octanol–water partition coefficient (Wildman–Crippen LogP) is 4.20. The first-order valence-electron chi connectivity index (χ1n) is 8.03. The number of rotatable bonds is 5. The van der Waals surface area contributed by atoms with E-state index in [-0.39, 0.29) is 5.82 Å². The summed E-state index contributed by atoms with van der Waals surface area (Å²) >= 11 is 0. The molecule has 0 aliphatic rings. The number of benzene rings is 2. The number of hydrogen-bond acceptors (Lipinski definition) is 2. The first kappa shape index (κ1) is 15.7. The fourth-order valence-corrected chi connectivity index (χ4v) is 2.84. The molecule has 0 unspecified atom stereocenters. The second-order valence-electron chi connectivity index (χ2n) is 6.01. The van der Waals surface area contributed by atoms with E-state index in [1.807, 2.05) is 0 Å². The molecule has 2 N–H and O–H groups in total. The second kappa shape index (κ2) is 6.50. The largest absolute Gasteiger partial charge is 0.330 e. The summed E-state index contributed by atoms with van der Waals surface area (Å²) in [5.74, 6) is 0.660. The molecule has 3 rings (SSSR count). The van der Waals surface area contributed by atoms with Crippen LogP contribution in [0.5, 0.6) is 0 Å². The molecule has 0 atom stereocenters. The first-order valence-corrected chi connectivity index (χ1v) is 8.03. The molecule has 0 saturated carbocycles. The van der Waals surface area contributed by atoms with Crippen molar-refractivity contribution in [3.63, 3.8) is 0 Å². The summed E-state index contributed by atoms with van der Waals surface area (Å²) in [5.41, 5.74) is 11.2. The summed E-state index contributed by atoms with van der Waals surface area (Å²) in [6.45, 7) is 5.77. The molecule has 120 valence electrons. The number of unbranched alkanes of at least 4 members (excludes halogenated alkanes) is 1. The Bertz CT molecular complexity index is 819. The van der Waals surface area contributed by atoms with Gasteiger partial charge in [0.25, 0.3) is 0 Å². The SMILES string of the molecule is Cc1cc2nc(-c3ccc(F)cc3)n(CCCCN)c2cc1C. The Balaban J connectivity index is 2.14. The van der Waals surface area contributed by atoms with Gasteiger partial charge in [0.15, 0.2) is 0 Å². The van der Waals surface area contributed by atoms with Crippen LogP contribution in [0.2, 0.25) is 0 Å². The van der Waals surface area contributed by atoms with Gasteiger partial charge in [-0.25, -0.2) is 9.37 Å². The van der Waals surface area contributed by atoms with Crippen LogP contribution in [-0.4, -0.2) is 16.1 Å². The Morgan fingerprint density at radius 2 is 1.74 bits per heavy atom. The van der Waals surface area contributed by atoms with Gasteiger partial charge >= 0.3 is 0 Å². The topological polar surface area (TPSA) is 43.8 Å². The number of hydrogen-bond donors (Lipinski definition) is 1. The molecule has 0 amide bonds. The molecule has 0 saturated heterocycles. The molecule has 0 spiro atoms. The normalized spacial score (nSPS) is 11.3. The van der Waals surface area contributed by atoms with Gasteiger partial charge < -0.3 is 10.3 Å². The van der Waals surface area contributed by atoms with Crippen molar-refractivity contribution in [3.05, 3.63) is 53.3 Å². The highest BCUT2D eigenvalue weighted by Gasteiger charge is 2.13. The van der Waals surface area contributed by atoms with Crippen LogP contribution >= 0.6 is 0 Å². The molecule has 4 heteroatoms. The van der Waals surface area contributed by atoms with Crippen LogP contribution in [0.1, 0.15) is 24.0 Å². The summed E-state index contributed by atoms with van der Waals surface area (Å²) in [6, 6.07) is 10.8. The van der Waals surface area contributed by atoms with E-state index < -0.39 is 0 Å². The van der Waals surface area contributed by atoms with Gasteiger partial charge in [0.05, 0.1) is 11.0 Å². The van der Waals surface area contributed by atoms with Gasteiger partial charge in [0.1, 0.15) is 11.6 Å². The average Bonchev–Trinajstić information content (AvgIpc) is 2.87. The van der Waals surface area contributed by atoms with Crippen LogP contribution in [0.15, 0.2) is 36.4 Å². The molecule has 0 fully saturated rings. The number of imidazole rings is 1. The molecule has 0 aliphatic carbocycles. The summed E-state index contributed by atoms with van der Waals surface area (Å²) in [4.78, 5) is 4.80. The van der Waals surface area contributed by atoms with Crippen LogP contribution < -0.4 is 5.73 Å². The average molecular weight is 311 g/mol. The van der Waals surface area contributed by atoms with Crippen molar-refractivity contribution in [1.82, 2.24) is 9.55 Å². The predicted molar refractivity (Wildman–Crippen MR) is 92.9 cm³/mol. The lowest BCUT2D eigenvalue weighted by atomic mass is 10.1. The van der Waals surface area contributed by atoms with Gasteiger partial charge in [0.2, 0.25) is 0 Å². The third kappa shape index (κ3) is 3.13. The Hall–Kier alpha value is -2.20. The molecular formula is C19H22FN3. The number of fused-ring (bicyclic) bond motifs is 1. The smallest absolute Gasteiger partial charge is 0.141 e. The lowest BCUT2D eigenvalue weighted by Crippen LogP contribution is -2.05. The number of halogens is 1.